The molecule has 9 nitrogen and oxygen atoms in total. The third-order valence-electron chi connectivity index (χ3n) is 7.27. The number of H-pyrrole nitrogens is 1. The quantitative estimate of drug-likeness (QED) is 0.245. The summed E-state index contributed by atoms with van der Waals surface area (Å²) in [6, 6.07) is 11.8. The highest BCUT2D eigenvalue weighted by Crippen LogP contribution is 2.32. The van der Waals surface area contributed by atoms with Crippen molar-refractivity contribution in [2.75, 3.05) is 24.5 Å². The molecule has 1 aromatic carbocycles. The second-order valence-electron chi connectivity index (χ2n) is 10.2. The zero-order chi connectivity index (χ0) is 29.3. The van der Waals surface area contributed by atoms with Gasteiger partial charge in [-0.25, -0.2) is 15.0 Å². The number of alkyl halides is 3. The molecule has 2 fully saturated rings. The van der Waals surface area contributed by atoms with Crippen LogP contribution < -0.4 is 15.5 Å². The number of nitrogens with zero attached hydrogens (tertiary/aromatic N) is 4. The lowest BCUT2D eigenvalue weighted by Crippen LogP contribution is -2.38. The topological polar surface area (TPSA) is 116 Å². The predicted molar refractivity (Wildman–Crippen MR) is 154 cm³/mol. The monoisotopic (exact) mass is 593 g/mol. The van der Waals surface area contributed by atoms with E-state index in [4.69, 9.17) is 0 Å². The summed E-state index contributed by atoms with van der Waals surface area (Å²) >= 11 is 0.838. The zero-order valence-electron chi connectivity index (χ0n) is 22.2. The van der Waals surface area contributed by atoms with E-state index in [9.17, 15) is 22.8 Å². The Labute approximate surface area is 243 Å². The molecule has 0 bridgehead atoms. The fourth-order valence-corrected chi connectivity index (χ4v) is 5.77. The number of pyridine rings is 1. The number of hydrogen-bond donors (Lipinski definition) is 3. The van der Waals surface area contributed by atoms with Gasteiger partial charge in [-0.2, -0.15) is 13.2 Å². The fourth-order valence-electron chi connectivity index (χ4n) is 5.10. The fraction of sp³-hybridized carbons (Fsp3) is 0.276. The summed E-state index contributed by atoms with van der Waals surface area (Å²) in [4.78, 5) is 41.5. The number of anilines is 1. The SMILES string of the molecule is O=C1NC(=O)/C(=C/c2ccnc(N3CCC(CNCc4cc(-c5ccc6[nH]ccc6c5)nc(C(F)(F)F)c4)CC3)n2)S1. The van der Waals surface area contributed by atoms with Crippen LogP contribution in [0.5, 0.6) is 0 Å². The molecule has 216 valence electrons. The van der Waals surface area contributed by atoms with E-state index in [1.54, 1.807) is 36.7 Å². The van der Waals surface area contributed by atoms with Crippen molar-refractivity contribution in [1.29, 1.82) is 0 Å². The van der Waals surface area contributed by atoms with Gasteiger partial charge in [0.2, 0.25) is 5.95 Å². The summed E-state index contributed by atoms with van der Waals surface area (Å²) in [5, 5.41) is 6.06. The first-order valence-electron chi connectivity index (χ1n) is 13.4. The highest BCUT2D eigenvalue weighted by atomic mass is 32.2. The molecule has 0 aliphatic carbocycles. The summed E-state index contributed by atoms with van der Waals surface area (Å²) < 4.78 is 41.0. The molecule has 13 heteroatoms. The van der Waals surface area contributed by atoms with Crippen LogP contribution in [0.2, 0.25) is 0 Å². The van der Waals surface area contributed by atoms with Crippen LogP contribution in [0.25, 0.3) is 28.2 Å². The molecule has 0 spiro atoms. The lowest BCUT2D eigenvalue weighted by Gasteiger charge is -2.32. The Morgan fingerprint density at radius 2 is 1.90 bits per heavy atom. The summed E-state index contributed by atoms with van der Waals surface area (Å²) in [5.41, 5.74) is 1.98. The van der Waals surface area contributed by atoms with E-state index in [1.807, 2.05) is 18.2 Å². The van der Waals surface area contributed by atoms with Gasteiger partial charge in [0, 0.05) is 48.5 Å². The molecule has 2 amide bonds. The lowest BCUT2D eigenvalue weighted by molar-refractivity contribution is -0.141. The smallest absolute Gasteiger partial charge is 0.361 e. The Morgan fingerprint density at radius 1 is 1.07 bits per heavy atom. The molecular formula is C29H26F3N7O2S. The van der Waals surface area contributed by atoms with Crippen molar-refractivity contribution >= 4 is 45.8 Å². The Balaban J connectivity index is 1.07. The van der Waals surface area contributed by atoms with Crippen molar-refractivity contribution in [3.63, 3.8) is 0 Å². The molecule has 0 unspecified atom stereocenters. The van der Waals surface area contributed by atoms with Gasteiger partial charge in [0.25, 0.3) is 11.1 Å². The van der Waals surface area contributed by atoms with Crippen LogP contribution in [0.3, 0.4) is 0 Å². The van der Waals surface area contributed by atoms with E-state index >= 15 is 0 Å². The molecule has 0 atom stereocenters. The normalized spacial score (nSPS) is 17.4. The van der Waals surface area contributed by atoms with Crippen LogP contribution in [0.15, 0.2) is 59.8 Å². The highest BCUT2D eigenvalue weighted by molar-refractivity contribution is 8.18. The molecule has 4 aromatic rings. The minimum Gasteiger partial charge on any atom is -0.361 e. The van der Waals surface area contributed by atoms with Crippen molar-refractivity contribution < 1.29 is 22.8 Å². The van der Waals surface area contributed by atoms with Crippen LogP contribution in [-0.4, -0.2) is 50.7 Å². The predicted octanol–water partition coefficient (Wildman–Crippen LogP) is 5.37. The number of rotatable bonds is 7. The van der Waals surface area contributed by atoms with Gasteiger partial charge < -0.3 is 15.2 Å². The van der Waals surface area contributed by atoms with E-state index in [0.717, 1.165) is 54.7 Å². The molecule has 2 aliphatic rings. The van der Waals surface area contributed by atoms with E-state index in [-0.39, 0.29) is 5.69 Å². The van der Waals surface area contributed by atoms with Gasteiger partial charge >= 0.3 is 6.18 Å². The van der Waals surface area contributed by atoms with Crippen LogP contribution in [0, 0.1) is 5.92 Å². The maximum absolute atomic E-state index is 13.7. The maximum Gasteiger partial charge on any atom is 0.433 e. The first-order valence-corrected chi connectivity index (χ1v) is 14.2. The number of fused-ring (bicyclic) bond motifs is 1. The minimum atomic E-state index is -4.55. The standard InChI is InChI=1S/C29H26F3N7O2S/c30-29(31,32)25-12-18(11-23(37-25)19-1-2-22-20(13-19)3-7-34-22)16-33-15-17-5-9-39(10-6-17)27-35-8-4-21(36-27)14-24-26(40)38-28(41)42-24/h1-4,7-8,11-14,17,33-34H,5-6,9-10,15-16H2,(H,38,40,41)/b24-14-. The van der Waals surface area contributed by atoms with E-state index in [1.165, 1.54) is 0 Å². The molecule has 3 N–H and O–H groups in total. The number of carbonyl (C=O) groups is 2. The summed E-state index contributed by atoms with van der Waals surface area (Å²) in [7, 11) is 0. The molecule has 6 rings (SSSR count). The Bertz CT molecular complexity index is 1680. The Kier molecular flexibility index (Phi) is 7.69. The number of carbonyl (C=O) groups excluding carboxylic acids is 2. The van der Waals surface area contributed by atoms with E-state index in [0.29, 0.717) is 46.7 Å². The number of halogens is 3. The average Bonchev–Trinajstić information content (AvgIpc) is 3.57. The largest absolute Gasteiger partial charge is 0.433 e. The number of hydrogen-bond acceptors (Lipinski definition) is 8. The second-order valence-corrected chi connectivity index (χ2v) is 11.2. The molecule has 42 heavy (non-hydrogen) atoms. The van der Waals surface area contributed by atoms with Crippen molar-refractivity contribution in [1.82, 2.24) is 30.6 Å². The highest BCUT2D eigenvalue weighted by Gasteiger charge is 2.33. The van der Waals surface area contributed by atoms with Gasteiger partial charge in [-0.3, -0.25) is 14.9 Å². The first-order chi connectivity index (χ1) is 20.2. The number of nitrogens with one attached hydrogen (secondary N) is 3. The van der Waals surface area contributed by atoms with Crippen molar-refractivity contribution in [2.24, 2.45) is 5.92 Å². The van der Waals surface area contributed by atoms with E-state index < -0.39 is 23.0 Å². The minimum absolute atomic E-state index is 0.287. The Hall–Kier alpha value is -4.23. The third kappa shape index (κ3) is 6.31. The first kappa shape index (κ1) is 27.9. The van der Waals surface area contributed by atoms with Gasteiger partial charge in [0.1, 0.15) is 5.69 Å². The van der Waals surface area contributed by atoms with Crippen molar-refractivity contribution in [3.05, 3.63) is 76.7 Å². The van der Waals surface area contributed by atoms with Crippen LogP contribution in [-0.2, 0) is 17.5 Å². The van der Waals surface area contributed by atoms with Gasteiger partial charge in [0.15, 0.2) is 0 Å². The second kappa shape index (κ2) is 11.6. The summed E-state index contributed by atoms with van der Waals surface area (Å²) in [6.45, 7) is 2.40. The maximum atomic E-state index is 13.7. The molecule has 2 aliphatic heterocycles. The number of benzene rings is 1. The number of amides is 2. The molecule has 3 aromatic heterocycles. The van der Waals surface area contributed by atoms with Crippen molar-refractivity contribution in [2.45, 2.75) is 25.6 Å². The Morgan fingerprint density at radius 3 is 2.67 bits per heavy atom. The number of imide groups is 1. The number of aromatic nitrogens is 4. The van der Waals surface area contributed by atoms with Gasteiger partial charge in [-0.15, -0.1) is 0 Å². The van der Waals surface area contributed by atoms with Crippen LogP contribution in [0.4, 0.5) is 23.9 Å². The molecule has 0 saturated carbocycles. The zero-order valence-corrected chi connectivity index (χ0v) is 23.1. The van der Waals surface area contributed by atoms with E-state index in [2.05, 4.69) is 35.5 Å². The summed E-state index contributed by atoms with van der Waals surface area (Å²) in [5.74, 6) is 0.456. The third-order valence-corrected chi connectivity index (χ3v) is 8.08. The van der Waals surface area contributed by atoms with Crippen molar-refractivity contribution in [3.8, 4) is 11.3 Å². The lowest BCUT2D eigenvalue weighted by atomic mass is 9.97. The van der Waals surface area contributed by atoms with Gasteiger partial charge in [0.05, 0.1) is 16.3 Å². The summed E-state index contributed by atoms with van der Waals surface area (Å²) in [6.07, 6.45) is 2.15. The average molecular weight is 594 g/mol. The number of thioether (sulfide) groups is 1. The number of piperidine rings is 1. The molecule has 5 heterocycles. The molecule has 0 radical (unpaired) electrons. The molecular weight excluding hydrogens is 567 g/mol. The van der Waals surface area contributed by atoms with Gasteiger partial charge in [-0.05, 0) is 85.1 Å². The number of aromatic amines is 1. The van der Waals surface area contributed by atoms with Gasteiger partial charge in [-0.1, -0.05) is 6.07 Å². The van der Waals surface area contributed by atoms with Crippen LogP contribution >= 0.6 is 11.8 Å². The van der Waals surface area contributed by atoms with Crippen LogP contribution in [0.1, 0.15) is 29.8 Å². The molecule has 2 saturated heterocycles.